The first-order valence-corrected chi connectivity index (χ1v) is 14.5. The number of Topliss-reactive ketones (excluding diaryl/α,β-unsaturated/α-hetero) is 1. The second-order valence-corrected chi connectivity index (χ2v) is 11.0. The zero-order valence-electron chi connectivity index (χ0n) is 24.2. The van der Waals surface area contributed by atoms with Gasteiger partial charge in [-0.15, -0.1) is 0 Å². The fourth-order valence-electron chi connectivity index (χ4n) is 5.64. The lowest BCUT2D eigenvalue weighted by atomic mass is 9.90. The van der Waals surface area contributed by atoms with Gasteiger partial charge in [0, 0.05) is 59.5 Å². The second-order valence-electron chi connectivity index (χ2n) is 11.0. The van der Waals surface area contributed by atoms with Gasteiger partial charge in [-0.05, 0) is 63.9 Å². The molecule has 0 spiro atoms. The van der Waals surface area contributed by atoms with Gasteiger partial charge in [0.25, 0.3) is 0 Å². The summed E-state index contributed by atoms with van der Waals surface area (Å²) in [4.78, 5) is 32.6. The van der Waals surface area contributed by atoms with Crippen LogP contribution in [0.25, 0.3) is 21.8 Å². The average Bonchev–Trinajstić information content (AvgIpc) is 3.26. The van der Waals surface area contributed by atoms with Gasteiger partial charge in [0.15, 0.2) is 5.78 Å². The third-order valence-corrected chi connectivity index (χ3v) is 7.94. The molecule has 39 heavy (non-hydrogen) atoms. The second kappa shape index (κ2) is 12.9. The highest BCUT2D eigenvalue weighted by molar-refractivity contribution is 6.14. The number of oxime groups is 1. The molecule has 0 radical (unpaired) electrons. The van der Waals surface area contributed by atoms with E-state index in [0.717, 1.165) is 72.0 Å². The number of carbonyl (C=O) groups is 2. The summed E-state index contributed by atoms with van der Waals surface area (Å²) < 4.78 is 7.79. The molecular formula is C32H43N3O4. The Balaban J connectivity index is 1.73. The molecule has 2 aromatic carbocycles. The van der Waals surface area contributed by atoms with Crippen LogP contribution >= 0.6 is 0 Å². The van der Waals surface area contributed by atoms with E-state index in [9.17, 15) is 9.59 Å². The number of ketones is 1. The van der Waals surface area contributed by atoms with Crippen molar-refractivity contribution in [2.45, 2.75) is 85.2 Å². The molecule has 1 fully saturated rings. The third kappa shape index (κ3) is 6.42. The Morgan fingerprint density at radius 1 is 0.923 bits per heavy atom. The van der Waals surface area contributed by atoms with Gasteiger partial charge < -0.3 is 14.1 Å². The highest BCUT2D eigenvalue weighted by Gasteiger charge is 2.36. The topological polar surface area (TPSA) is 73.1 Å². The van der Waals surface area contributed by atoms with Crippen LogP contribution in [0, 0.1) is 0 Å². The van der Waals surface area contributed by atoms with Crippen molar-refractivity contribution in [1.82, 2.24) is 9.47 Å². The van der Waals surface area contributed by atoms with Crippen LogP contribution in [-0.4, -0.2) is 58.8 Å². The van der Waals surface area contributed by atoms with Crippen LogP contribution in [0.4, 0.5) is 0 Å². The Hall–Kier alpha value is -3.03. The lowest BCUT2D eigenvalue weighted by molar-refractivity contribution is -0.140. The molecule has 1 aliphatic heterocycles. The predicted molar refractivity (Wildman–Crippen MR) is 158 cm³/mol. The first-order valence-electron chi connectivity index (χ1n) is 14.5. The summed E-state index contributed by atoms with van der Waals surface area (Å²) in [6.45, 7) is 13.4. The Morgan fingerprint density at radius 3 is 2.15 bits per heavy atom. The maximum atomic E-state index is 13.8. The van der Waals surface area contributed by atoms with E-state index in [-0.39, 0.29) is 5.78 Å². The zero-order valence-corrected chi connectivity index (χ0v) is 24.2. The Bertz CT molecular complexity index is 1350. The fourth-order valence-corrected chi connectivity index (χ4v) is 5.64. The molecule has 1 saturated heterocycles. The number of hydrogen-bond donors (Lipinski definition) is 0. The largest absolute Gasteiger partial charge is 0.379 e. The molecule has 0 unspecified atom stereocenters. The van der Waals surface area contributed by atoms with Gasteiger partial charge in [0.2, 0.25) is 0 Å². The summed E-state index contributed by atoms with van der Waals surface area (Å²) in [5, 5.41) is 6.37. The molecule has 7 heteroatoms. The lowest BCUT2D eigenvalue weighted by Gasteiger charge is -2.39. The Kier molecular flexibility index (Phi) is 9.57. The van der Waals surface area contributed by atoms with E-state index in [1.54, 1.807) is 0 Å². The number of aryl methyl sites for hydroxylation is 1. The number of fused-ring (bicyclic) bond motifs is 3. The van der Waals surface area contributed by atoms with Gasteiger partial charge in [-0.2, -0.15) is 0 Å². The number of morpholine rings is 1. The average molecular weight is 534 g/mol. The highest BCUT2D eigenvalue weighted by Crippen LogP contribution is 2.33. The van der Waals surface area contributed by atoms with Crippen LogP contribution in [0.5, 0.6) is 0 Å². The van der Waals surface area contributed by atoms with Crippen LogP contribution in [-0.2, 0) is 20.9 Å². The van der Waals surface area contributed by atoms with Gasteiger partial charge >= 0.3 is 5.97 Å². The fraction of sp³-hybridized carbons (Fsp3) is 0.531. The summed E-state index contributed by atoms with van der Waals surface area (Å²) in [5.74, 6) is -0.308. The predicted octanol–water partition coefficient (Wildman–Crippen LogP) is 6.74. The number of nitrogens with zero attached hydrogens (tertiary/aromatic N) is 3. The number of aromatic nitrogens is 1. The van der Waals surface area contributed by atoms with Crippen molar-refractivity contribution in [3.05, 3.63) is 47.5 Å². The maximum absolute atomic E-state index is 13.8. The number of benzene rings is 2. The molecule has 0 aliphatic carbocycles. The molecule has 7 nitrogen and oxygen atoms in total. The number of carbonyl (C=O) groups excluding carboxylic acids is 2. The van der Waals surface area contributed by atoms with Crippen LogP contribution in [0.3, 0.4) is 0 Å². The molecule has 0 amide bonds. The van der Waals surface area contributed by atoms with Crippen LogP contribution in [0.1, 0.15) is 89.1 Å². The van der Waals surface area contributed by atoms with Crippen LogP contribution in [0.15, 0.2) is 41.6 Å². The van der Waals surface area contributed by atoms with E-state index in [2.05, 4.69) is 52.7 Å². The molecule has 3 aromatic rings. The molecule has 0 saturated carbocycles. The minimum Gasteiger partial charge on any atom is -0.379 e. The van der Waals surface area contributed by atoms with Gasteiger partial charge in [-0.3, -0.25) is 9.69 Å². The number of ether oxygens (including phenoxy) is 1. The van der Waals surface area contributed by atoms with Gasteiger partial charge in [-0.1, -0.05) is 43.8 Å². The van der Waals surface area contributed by atoms with E-state index in [1.807, 2.05) is 26.0 Å². The molecule has 0 bridgehead atoms. The monoisotopic (exact) mass is 533 g/mol. The smallest absolute Gasteiger partial charge is 0.331 e. The maximum Gasteiger partial charge on any atom is 0.331 e. The Labute approximate surface area is 232 Å². The van der Waals surface area contributed by atoms with Crippen LogP contribution in [0.2, 0.25) is 0 Å². The van der Waals surface area contributed by atoms with Crippen molar-refractivity contribution in [2.75, 3.05) is 26.3 Å². The van der Waals surface area contributed by atoms with Gasteiger partial charge in [-0.25, -0.2) is 4.79 Å². The number of rotatable bonds is 12. The van der Waals surface area contributed by atoms with Gasteiger partial charge in [0.1, 0.15) is 0 Å². The lowest BCUT2D eigenvalue weighted by Crippen LogP contribution is -2.54. The zero-order chi connectivity index (χ0) is 28.0. The molecule has 1 aliphatic rings. The molecule has 210 valence electrons. The number of unbranched alkanes of at least 4 members (excludes halogenated alkanes) is 4. The Morgan fingerprint density at radius 2 is 1.54 bits per heavy atom. The quantitative estimate of drug-likeness (QED) is 0.0848. The molecule has 0 N–H and O–H groups in total. The van der Waals surface area contributed by atoms with Crippen molar-refractivity contribution in [2.24, 2.45) is 5.16 Å². The standard InChI is InChI=1S/C32H43N3O4/c1-6-8-9-10-11-12-28(33-39-23(3)36)24-13-15-29-26(21-24)27-22-25(14-16-30(27)35(29)7-2)31(37)32(4,5)34-17-19-38-20-18-34/h13-16,21-22H,6-12,17-20H2,1-5H3/b33-28+. The highest BCUT2D eigenvalue weighted by atomic mass is 16.7. The van der Waals surface area contributed by atoms with Crippen molar-refractivity contribution >= 4 is 39.3 Å². The summed E-state index contributed by atoms with van der Waals surface area (Å²) in [6, 6.07) is 12.4. The van der Waals surface area contributed by atoms with Crippen molar-refractivity contribution < 1.29 is 19.2 Å². The summed E-state index contributed by atoms with van der Waals surface area (Å²) in [7, 11) is 0. The van der Waals surface area contributed by atoms with E-state index in [4.69, 9.17) is 9.57 Å². The molecule has 1 aromatic heterocycles. The molecule has 2 heterocycles. The summed E-state index contributed by atoms with van der Waals surface area (Å²) in [6.07, 6.45) is 6.46. The minimum atomic E-state index is -0.618. The van der Waals surface area contributed by atoms with Gasteiger partial charge in [0.05, 0.1) is 24.5 Å². The molecule has 0 atom stereocenters. The summed E-state index contributed by atoms with van der Waals surface area (Å²) in [5.41, 5.74) is 4.03. The SMILES string of the molecule is CCCCCCC/C(=N\OC(C)=O)c1ccc2c(c1)c1cc(C(=O)C(C)(C)N3CCOCC3)ccc1n2CC. The van der Waals surface area contributed by atoms with Crippen LogP contribution < -0.4 is 0 Å². The van der Waals surface area contributed by atoms with Crippen molar-refractivity contribution in [3.63, 3.8) is 0 Å². The molecule has 4 rings (SSSR count). The van der Waals surface area contributed by atoms with Crippen molar-refractivity contribution in [1.29, 1.82) is 0 Å². The first-order chi connectivity index (χ1) is 18.8. The normalized spacial score (nSPS) is 15.3. The van der Waals surface area contributed by atoms with E-state index < -0.39 is 11.5 Å². The minimum absolute atomic E-state index is 0.115. The van der Waals surface area contributed by atoms with E-state index in [1.165, 1.54) is 26.2 Å². The van der Waals surface area contributed by atoms with Crippen molar-refractivity contribution in [3.8, 4) is 0 Å². The van der Waals surface area contributed by atoms with E-state index >= 15 is 0 Å². The number of hydrogen-bond acceptors (Lipinski definition) is 6. The molecular weight excluding hydrogens is 490 g/mol. The third-order valence-electron chi connectivity index (χ3n) is 7.94. The van der Waals surface area contributed by atoms with E-state index in [0.29, 0.717) is 18.8 Å². The first kappa shape index (κ1) is 29.0. The summed E-state index contributed by atoms with van der Waals surface area (Å²) >= 11 is 0.